The molecule has 0 fully saturated rings. The van der Waals surface area contributed by atoms with Gasteiger partial charge in [-0.25, -0.2) is 4.39 Å². The first-order valence-electron chi connectivity index (χ1n) is 9.16. The van der Waals surface area contributed by atoms with E-state index >= 15 is 0 Å². The van der Waals surface area contributed by atoms with Crippen LogP contribution in [0.5, 0.6) is 0 Å². The summed E-state index contributed by atoms with van der Waals surface area (Å²) in [6, 6.07) is 13.1. The summed E-state index contributed by atoms with van der Waals surface area (Å²) in [5.74, 6) is -0.699. The zero-order chi connectivity index (χ0) is 20.0. The first kappa shape index (κ1) is 20.6. The van der Waals surface area contributed by atoms with E-state index in [-0.39, 0.29) is 30.1 Å². The number of amides is 2. The van der Waals surface area contributed by atoms with Crippen molar-refractivity contribution in [2.75, 3.05) is 0 Å². The van der Waals surface area contributed by atoms with E-state index in [1.54, 1.807) is 24.0 Å². The highest BCUT2D eigenvalue weighted by Gasteiger charge is 2.26. The first-order chi connectivity index (χ1) is 12.8. The third kappa shape index (κ3) is 5.91. The fourth-order valence-corrected chi connectivity index (χ4v) is 2.84. The smallest absolute Gasteiger partial charge is 0.242 e. The first-order valence-corrected chi connectivity index (χ1v) is 9.16. The Morgan fingerprint density at radius 3 is 2.26 bits per heavy atom. The molecule has 0 bridgehead atoms. The monoisotopic (exact) mass is 370 g/mol. The molecule has 1 N–H and O–H groups in total. The molecule has 144 valence electrons. The number of nitrogens with zero attached hydrogens (tertiary/aromatic N) is 1. The fourth-order valence-electron chi connectivity index (χ4n) is 2.84. The van der Waals surface area contributed by atoms with Crippen LogP contribution in [0.2, 0.25) is 0 Å². The van der Waals surface area contributed by atoms with Gasteiger partial charge < -0.3 is 10.2 Å². The van der Waals surface area contributed by atoms with E-state index in [4.69, 9.17) is 0 Å². The number of benzene rings is 2. The highest BCUT2D eigenvalue weighted by Crippen LogP contribution is 2.15. The van der Waals surface area contributed by atoms with Crippen molar-refractivity contribution in [2.24, 2.45) is 0 Å². The third-order valence-electron chi connectivity index (χ3n) is 4.47. The van der Waals surface area contributed by atoms with Gasteiger partial charge in [0, 0.05) is 12.6 Å². The summed E-state index contributed by atoms with van der Waals surface area (Å²) < 4.78 is 13.1. The average Bonchev–Trinajstić information content (AvgIpc) is 2.61. The van der Waals surface area contributed by atoms with Crippen LogP contribution in [0.15, 0.2) is 48.5 Å². The SMILES string of the molecule is Cc1ccccc1CN(C(=O)Cc1ccc(F)cc1)[C@@H](C)C(=O)NC(C)C. The van der Waals surface area contributed by atoms with Crippen molar-refractivity contribution >= 4 is 11.8 Å². The minimum Gasteiger partial charge on any atom is -0.352 e. The lowest BCUT2D eigenvalue weighted by Gasteiger charge is -2.30. The molecule has 0 saturated carbocycles. The van der Waals surface area contributed by atoms with Crippen LogP contribution < -0.4 is 5.32 Å². The molecule has 2 aromatic carbocycles. The highest BCUT2D eigenvalue weighted by molar-refractivity contribution is 5.88. The molecule has 0 radical (unpaired) electrons. The van der Waals surface area contributed by atoms with Crippen LogP contribution in [-0.4, -0.2) is 28.8 Å². The molecule has 0 aromatic heterocycles. The molecule has 0 aliphatic carbocycles. The van der Waals surface area contributed by atoms with Gasteiger partial charge in [0.25, 0.3) is 0 Å². The number of nitrogens with one attached hydrogen (secondary N) is 1. The Morgan fingerprint density at radius 1 is 1.04 bits per heavy atom. The van der Waals surface area contributed by atoms with E-state index in [1.165, 1.54) is 12.1 Å². The number of hydrogen-bond acceptors (Lipinski definition) is 2. The van der Waals surface area contributed by atoms with E-state index in [2.05, 4.69) is 5.32 Å². The van der Waals surface area contributed by atoms with Crippen LogP contribution in [0.25, 0.3) is 0 Å². The van der Waals surface area contributed by atoms with Crippen LogP contribution >= 0.6 is 0 Å². The number of carbonyl (C=O) groups is 2. The summed E-state index contributed by atoms with van der Waals surface area (Å²) in [5, 5.41) is 2.87. The summed E-state index contributed by atoms with van der Waals surface area (Å²) in [4.78, 5) is 27.1. The molecular formula is C22H27FN2O2. The average molecular weight is 370 g/mol. The van der Waals surface area contributed by atoms with Crippen molar-refractivity contribution in [3.8, 4) is 0 Å². The zero-order valence-electron chi connectivity index (χ0n) is 16.3. The zero-order valence-corrected chi connectivity index (χ0v) is 16.3. The van der Waals surface area contributed by atoms with Crippen LogP contribution in [0.1, 0.15) is 37.5 Å². The van der Waals surface area contributed by atoms with Crippen molar-refractivity contribution in [1.29, 1.82) is 0 Å². The molecule has 2 rings (SSSR count). The second-order valence-corrected chi connectivity index (χ2v) is 7.09. The van der Waals surface area contributed by atoms with Crippen molar-refractivity contribution < 1.29 is 14.0 Å². The van der Waals surface area contributed by atoms with E-state index in [0.29, 0.717) is 12.1 Å². The van der Waals surface area contributed by atoms with Crippen molar-refractivity contribution in [1.82, 2.24) is 10.2 Å². The molecular weight excluding hydrogens is 343 g/mol. The Kier molecular flexibility index (Phi) is 7.11. The minimum absolute atomic E-state index is 0.00698. The highest BCUT2D eigenvalue weighted by atomic mass is 19.1. The Hall–Kier alpha value is -2.69. The fraction of sp³-hybridized carbons (Fsp3) is 0.364. The van der Waals surface area contributed by atoms with Crippen molar-refractivity contribution in [2.45, 2.75) is 52.7 Å². The van der Waals surface area contributed by atoms with Crippen molar-refractivity contribution in [3.63, 3.8) is 0 Å². The molecule has 27 heavy (non-hydrogen) atoms. The van der Waals surface area contributed by atoms with Gasteiger partial charge in [0.1, 0.15) is 11.9 Å². The lowest BCUT2D eigenvalue weighted by Crippen LogP contribution is -2.49. The Balaban J connectivity index is 2.24. The standard InChI is InChI=1S/C22H27FN2O2/c1-15(2)24-22(27)17(4)25(14-19-8-6-5-7-16(19)3)21(26)13-18-9-11-20(23)12-10-18/h5-12,15,17H,13-14H2,1-4H3,(H,24,27)/t17-/m0/s1. The van der Waals surface area contributed by atoms with Gasteiger partial charge in [-0.2, -0.15) is 0 Å². The maximum Gasteiger partial charge on any atom is 0.242 e. The van der Waals surface area contributed by atoms with Crippen LogP contribution in [-0.2, 0) is 22.6 Å². The number of halogens is 1. The molecule has 4 nitrogen and oxygen atoms in total. The van der Waals surface area contributed by atoms with Gasteiger partial charge in [-0.15, -0.1) is 0 Å². The minimum atomic E-state index is -0.611. The Morgan fingerprint density at radius 2 is 1.67 bits per heavy atom. The van der Waals surface area contributed by atoms with Gasteiger partial charge in [-0.1, -0.05) is 36.4 Å². The van der Waals surface area contributed by atoms with Gasteiger partial charge in [-0.3, -0.25) is 9.59 Å². The van der Waals surface area contributed by atoms with Gasteiger partial charge in [-0.05, 0) is 56.5 Å². The predicted octanol–water partition coefficient (Wildman–Crippen LogP) is 3.62. The Bertz CT molecular complexity index is 787. The topological polar surface area (TPSA) is 49.4 Å². The van der Waals surface area contributed by atoms with E-state index < -0.39 is 6.04 Å². The van der Waals surface area contributed by atoms with Crippen LogP contribution in [0.4, 0.5) is 4.39 Å². The normalized spacial score (nSPS) is 11.9. The molecule has 1 atom stereocenters. The number of aryl methyl sites for hydroxylation is 1. The molecule has 0 heterocycles. The molecule has 0 aliphatic heterocycles. The van der Waals surface area contributed by atoms with Crippen LogP contribution in [0.3, 0.4) is 0 Å². The maximum atomic E-state index is 13.1. The summed E-state index contributed by atoms with van der Waals surface area (Å²) in [7, 11) is 0. The van der Waals surface area contributed by atoms with E-state index in [1.807, 2.05) is 45.0 Å². The van der Waals surface area contributed by atoms with Gasteiger partial charge in [0.15, 0.2) is 0 Å². The van der Waals surface area contributed by atoms with Crippen molar-refractivity contribution in [3.05, 3.63) is 71.0 Å². The summed E-state index contributed by atoms with van der Waals surface area (Å²) >= 11 is 0. The summed E-state index contributed by atoms with van der Waals surface area (Å²) in [6.45, 7) is 7.84. The largest absolute Gasteiger partial charge is 0.352 e. The second kappa shape index (κ2) is 9.31. The number of hydrogen-bond donors (Lipinski definition) is 1. The van der Waals surface area contributed by atoms with Gasteiger partial charge >= 0.3 is 0 Å². The molecule has 0 spiro atoms. The molecule has 5 heteroatoms. The second-order valence-electron chi connectivity index (χ2n) is 7.09. The number of carbonyl (C=O) groups excluding carboxylic acids is 2. The maximum absolute atomic E-state index is 13.1. The van der Waals surface area contributed by atoms with Crippen LogP contribution in [0, 0.1) is 12.7 Å². The molecule has 2 aromatic rings. The lowest BCUT2D eigenvalue weighted by atomic mass is 10.1. The van der Waals surface area contributed by atoms with Gasteiger partial charge in [0.05, 0.1) is 6.42 Å². The summed E-state index contributed by atoms with van der Waals surface area (Å²) in [6.07, 6.45) is 0.117. The molecule has 0 saturated heterocycles. The third-order valence-corrected chi connectivity index (χ3v) is 4.47. The number of rotatable bonds is 7. The van der Waals surface area contributed by atoms with E-state index in [9.17, 15) is 14.0 Å². The molecule has 0 aliphatic rings. The summed E-state index contributed by atoms with van der Waals surface area (Å²) in [5.41, 5.74) is 2.77. The Labute approximate surface area is 160 Å². The van der Waals surface area contributed by atoms with Gasteiger partial charge in [0.2, 0.25) is 11.8 Å². The lowest BCUT2D eigenvalue weighted by molar-refractivity contribution is -0.140. The molecule has 2 amide bonds. The van der Waals surface area contributed by atoms with E-state index in [0.717, 1.165) is 11.1 Å². The molecule has 0 unspecified atom stereocenters. The predicted molar refractivity (Wildman–Crippen MR) is 105 cm³/mol. The quantitative estimate of drug-likeness (QED) is 0.809.